The van der Waals surface area contributed by atoms with Crippen LogP contribution >= 0.6 is 0 Å². The minimum atomic E-state index is -0.478. The van der Waals surface area contributed by atoms with Crippen LogP contribution in [-0.2, 0) is 11.3 Å². The number of benzene rings is 2. The van der Waals surface area contributed by atoms with E-state index in [9.17, 15) is 14.0 Å². The lowest BCUT2D eigenvalue weighted by Gasteiger charge is -2.40. The Labute approximate surface area is 152 Å². The SMILES string of the molecule is COC(=O)c1ccc2c(c1)N(Cc1c(C)cccc1F)C(=O)N(C)[C@@H]2C. The topological polar surface area (TPSA) is 49.9 Å². The molecule has 0 saturated carbocycles. The van der Waals surface area contributed by atoms with Gasteiger partial charge in [-0.2, -0.15) is 0 Å². The van der Waals surface area contributed by atoms with Crippen LogP contribution in [0.5, 0.6) is 0 Å². The predicted octanol–water partition coefficient (Wildman–Crippen LogP) is 4.05. The number of methoxy groups -OCH3 is 1. The summed E-state index contributed by atoms with van der Waals surface area (Å²) in [5, 5.41) is 0. The molecule has 0 bridgehead atoms. The molecule has 3 rings (SSSR count). The van der Waals surface area contributed by atoms with E-state index in [1.165, 1.54) is 18.1 Å². The third-order valence-electron chi connectivity index (χ3n) is 4.98. The zero-order valence-corrected chi connectivity index (χ0v) is 15.2. The first-order valence-electron chi connectivity index (χ1n) is 8.35. The minimum Gasteiger partial charge on any atom is -0.465 e. The molecule has 136 valence electrons. The van der Waals surface area contributed by atoms with E-state index in [-0.39, 0.29) is 24.4 Å². The molecule has 2 amide bonds. The number of carbonyl (C=O) groups excluding carboxylic acids is 2. The number of halogens is 1. The smallest absolute Gasteiger partial charge is 0.337 e. The first-order valence-corrected chi connectivity index (χ1v) is 8.35. The number of urea groups is 1. The molecule has 1 atom stereocenters. The number of amides is 2. The first kappa shape index (κ1) is 17.9. The fraction of sp³-hybridized carbons (Fsp3) is 0.300. The van der Waals surface area contributed by atoms with Crippen molar-refractivity contribution in [3.8, 4) is 0 Å². The molecule has 0 unspecified atom stereocenters. The molecule has 2 aromatic carbocycles. The molecule has 0 spiro atoms. The number of esters is 1. The number of carbonyl (C=O) groups is 2. The largest absolute Gasteiger partial charge is 0.465 e. The maximum atomic E-state index is 14.3. The highest BCUT2D eigenvalue weighted by atomic mass is 19.1. The van der Waals surface area contributed by atoms with E-state index >= 15 is 0 Å². The number of rotatable bonds is 3. The summed E-state index contributed by atoms with van der Waals surface area (Å²) in [4.78, 5) is 27.9. The van der Waals surface area contributed by atoms with Gasteiger partial charge in [0.05, 0.1) is 30.9 Å². The molecule has 0 aromatic heterocycles. The van der Waals surface area contributed by atoms with E-state index in [0.717, 1.165) is 11.1 Å². The van der Waals surface area contributed by atoms with Crippen LogP contribution in [0.1, 0.15) is 40.0 Å². The van der Waals surface area contributed by atoms with Crippen molar-refractivity contribution < 1.29 is 18.7 Å². The van der Waals surface area contributed by atoms with E-state index < -0.39 is 5.97 Å². The van der Waals surface area contributed by atoms with Gasteiger partial charge in [0.15, 0.2) is 0 Å². The van der Waals surface area contributed by atoms with Crippen LogP contribution in [0, 0.1) is 12.7 Å². The van der Waals surface area contributed by atoms with Crippen LogP contribution in [0.25, 0.3) is 0 Å². The van der Waals surface area contributed by atoms with Gasteiger partial charge in [0.2, 0.25) is 0 Å². The average molecular weight is 356 g/mol. The van der Waals surface area contributed by atoms with Crippen molar-refractivity contribution >= 4 is 17.7 Å². The molecular weight excluding hydrogens is 335 g/mol. The van der Waals surface area contributed by atoms with Gasteiger partial charge in [-0.15, -0.1) is 0 Å². The van der Waals surface area contributed by atoms with E-state index in [1.807, 2.05) is 26.0 Å². The van der Waals surface area contributed by atoms with Crippen LogP contribution in [0.3, 0.4) is 0 Å². The molecule has 1 aliphatic rings. The Bertz CT molecular complexity index is 861. The Morgan fingerprint density at radius 1 is 1.27 bits per heavy atom. The number of fused-ring (bicyclic) bond motifs is 1. The van der Waals surface area contributed by atoms with E-state index in [1.54, 1.807) is 30.1 Å². The molecule has 5 nitrogen and oxygen atoms in total. The van der Waals surface area contributed by atoms with Crippen LogP contribution in [0.15, 0.2) is 36.4 Å². The summed E-state index contributed by atoms with van der Waals surface area (Å²) < 4.78 is 19.1. The van der Waals surface area contributed by atoms with Crippen molar-refractivity contribution in [2.75, 3.05) is 19.1 Å². The predicted molar refractivity (Wildman–Crippen MR) is 96.7 cm³/mol. The Morgan fingerprint density at radius 3 is 2.65 bits per heavy atom. The standard InChI is InChI=1S/C20H21FN2O3/c1-12-6-5-7-17(21)16(12)11-23-18-10-14(19(24)26-4)8-9-15(18)13(2)22(3)20(23)25/h5-10,13H,11H2,1-4H3/t13-/m1/s1. The fourth-order valence-corrected chi connectivity index (χ4v) is 3.22. The van der Waals surface area contributed by atoms with Gasteiger partial charge in [-0.05, 0) is 43.2 Å². The van der Waals surface area contributed by atoms with Gasteiger partial charge < -0.3 is 9.64 Å². The van der Waals surface area contributed by atoms with Crippen LogP contribution in [0.2, 0.25) is 0 Å². The van der Waals surface area contributed by atoms with E-state index in [4.69, 9.17) is 4.74 Å². The second kappa shape index (κ2) is 6.78. The van der Waals surface area contributed by atoms with Crippen molar-refractivity contribution in [2.45, 2.75) is 26.4 Å². The number of hydrogen-bond acceptors (Lipinski definition) is 3. The van der Waals surface area contributed by atoms with Crippen molar-refractivity contribution in [2.24, 2.45) is 0 Å². The lowest BCUT2D eigenvalue weighted by atomic mass is 9.98. The monoisotopic (exact) mass is 356 g/mol. The highest BCUT2D eigenvalue weighted by molar-refractivity contribution is 5.98. The Kier molecular flexibility index (Phi) is 4.68. The average Bonchev–Trinajstić information content (AvgIpc) is 2.64. The van der Waals surface area contributed by atoms with Crippen LogP contribution < -0.4 is 4.90 Å². The number of aryl methyl sites for hydroxylation is 1. The molecule has 6 heteroatoms. The molecule has 0 radical (unpaired) electrons. The van der Waals surface area contributed by atoms with E-state index in [0.29, 0.717) is 16.8 Å². The Morgan fingerprint density at radius 2 is 2.00 bits per heavy atom. The molecule has 1 aliphatic heterocycles. The number of ether oxygens (including phenoxy) is 1. The van der Waals surface area contributed by atoms with Gasteiger partial charge in [-0.1, -0.05) is 18.2 Å². The normalized spacial score (nSPS) is 16.5. The van der Waals surface area contributed by atoms with E-state index in [2.05, 4.69) is 0 Å². The fourth-order valence-electron chi connectivity index (χ4n) is 3.22. The maximum absolute atomic E-state index is 14.3. The highest BCUT2D eigenvalue weighted by Crippen LogP contribution is 2.37. The van der Waals surface area contributed by atoms with Crippen molar-refractivity contribution in [3.05, 3.63) is 64.5 Å². The van der Waals surface area contributed by atoms with Crippen molar-refractivity contribution in [1.29, 1.82) is 0 Å². The second-order valence-electron chi connectivity index (χ2n) is 6.46. The Balaban J connectivity index is 2.11. The summed E-state index contributed by atoms with van der Waals surface area (Å²) in [5.74, 6) is -0.835. The van der Waals surface area contributed by atoms with Crippen LogP contribution in [0.4, 0.5) is 14.9 Å². The molecule has 0 aliphatic carbocycles. The summed E-state index contributed by atoms with van der Waals surface area (Å²) in [5.41, 5.74) is 3.08. The molecule has 0 saturated heterocycles. The lowest BCUT2D eigenvalue weighted by Crippen LogP contribution is -2.46. The highest BCUT2D eigenvalue weighted by Gasteiger charge is 2.34. The van der Waals surface area contributed by atoms with Crippen molar-refractivity contribution in [3.63, 3.8) is 0 Å². The summed E-state index contributed by atoms with van der Waals surface area (Å²) in [6.07, 6.45) is 0. The van der Waals surface area contributed by atoms with Gasteiger partial charge in [0, 0.05) is 12.6 Å². The second-order valence-corrected chi connectivity index (χ2v) is 6.46. The molecule has 0 N–H and O–H groups in total. The van der Waals surface area contributed by atoms with Gasteiger partial charge in [-0.3, -0.25) is 4.90 Å². The third kappa shape index (κ3) is 2.92. The van der Waals surface area contributed by atoms with Gasteiger partial charge in [0.25, 0.3) is 0 Å². The zero-order valence-electron chi connectivity index (χ0n) is 15.2. The minimum absolute atomic E-state index is 0.0893. The van der Waals surface area contributed by atoms with Gasteiger partial charge >= 0.3 is 12.0 Å². The molecule has 2 aromatic rings. The molecule has 26 heavy (non-hydrogen) atoms. The van der Waals surface area contributed by atoms with Gasteiger partial charge in [-0.25, -0.2) is 14.0 Å². The maximum Gasteiger partial charge on any atom is 0.337 e. The first-order chi connectivity index (χ1) is 12.3. The summed E-state index contributed by atoms with van der Waals surface area (Å²) in [7, 11) is 3.02. The Hall–Kier alpha value is -2.89. The van der Waals surface area contributed by atoms with Crippen LogP contribution in [-0.4, -0.2) is 31.1 Å². The number of hydrogen-bond donors (Lipinski definition) is 0. The molecular formula is C20H21FN2O3. The summed E-state index contributed by atoms with van der Waals surface area (Å²) in [6.45, 7) is 3.82. The lowest BCUT2D eigenvalue weighted by molar-refractivity contribution is 0.0600. The molecule has 1 heterocycles. The third-order valence-corrected chi connectivity index (χ3v) is 4.98. The summed E-state index contributed by atoms with van der Waals surface area (Å²) >= 11 is 0. The number of anilines is 1. The zero-order chi connectivity index (χ0) is 19.0. The van der Waals surface area contributed by atoms with Crippen molar-refractivity contribution in [1.82, 2.24) is 4.90 Å². The molecule has 0 fully saturated rings. The quantitative estimate of drug-likeness (QED) is 0.780. The van der Waals surface area contributed by atoms with Gasteiger partial charge in [0.1, 0.15) is 5.82 Å². The summed E-state index contributed by atoms with van der Waals surface area (Å²) in [6, 6.07) is 9.58. The number of nitrogens with zero attached hydrogens (tertiary/aromatic N) is 2.